The molecule has 24 heavy (non-hydrogen) atoms. The van der Waals surface area contributed by atoms with Gasteiger partial charge in [0.2, 0.25) is 0 Å². The Balaban J connectivity index is 1.61. The summed E-state index contributed by atoms with van der Waals surface area (Å²) in [5, 5.41) is 12.7. The monoisotopic (exact) mass is 340 g/mol. The molecule has 6 atom stereocenters. The molecule has 0 aromatic rings. The van der Waals surface area contributed by atoms with E-state index < -0.39 is 11.6 Å². The summed E-state index contributed by atoms with van der Waals surface area (Å²) in [4.78, 5) is 13.9. The Morgan fingerprint density at radius 2 is 2.25 bits per heavy atom. The highest BCUT2D eigenvalue weighted by Gasteiger charge is 2.69. The highest BCUT2D eigenvalue weighted by atomic mass is 19.1. The van der Waals surface area contributed by atoms with E-state index >= 15 is 0 Å². The zero-order valence-corrected chi connectivity index (χ0v) is 14.8. The van der Waals surface area contributed by atoms with Gasteiger partial charge in [-0.2, -0.15) is 0 Å². The number of carbonyl (C=O) groups is 1. The first-order chi connectivity index (χ1) is 11.4. The van der Waals surface area contributed by atoms with E-state index in [1.54, 1.807) is 0 Å². The molecule has 6 heteroatoms. The zero-order chi connectivity index (χ0) is 17.5. The second kappa shape index (κ2) is 6.54. The summed E-state index contributed by atoms with van der Waals surface area (Å²) in [6.45, 7) is 7.16. The average Bonchev–Trinajstić information content (AvgIpc) is 3.08. The fraction of sp³-hybridized carbons (Fsp3) is 0.833. The maximum atomic E-state index is 14.8. The molecule has 0 radical (unpaired) electrons. The van der Waals surface area contributed by atoms with Gasteiger partial charge in [0.05, 0.1) is 18.8 Å². The summed E-state index contributed by atoms with van der Waals surface area (Å²) < 4.78 is 20.0. The van der Waals surface area contributed by atoms with Crippen molar-refractivity contribution in [2.24, 2.45) is 17.8 Å². The summed E-state index contributed by atoms with van der Waals surface area (Å²) in [5.41, 5.74) is -0.906. The molecule has 0 spiro atoms. The van der Waals surface area contributed by atoms with Crippen LogP contribution in [-0.4, -0.2) is 46.9 Å². The van der Waals surface area contributed by atoms with Crippen LogP contribution in [0.1, 0.15) is 46.5 Å². The number of rotatable bonds is 6. The van der Waals surface area contributed by atoms with E-state index in [0.29, 0.717) is 19.1 Å². The largest absolute Gasteiger partial charge is 0.450 e. The highest BCUT2D eigenvalue weighted by molar-refractivity contribution is 5.70. The van der Waals surface area contributed by atoms with Crippen LogP contribution in [-0.2, 0) is 4.74 Å². The Hall–Kier alpha value is -1.30. The Labute approximate surface area is 143 Å². The molecule has 2 aliphatic carbocycles. The molecule has 2 fully saturated rings. The first kappa shape index (κ1) is 17.5. The van der Waals surface area contributed by atoms with Gasteiger partial charge in [0.15, 0.2) is 0 Å². The first-order valence-corrected chi connectivity index (χ1v) is 9.18. The molecule has 4 unspecified atom stereocenters. The van der Waals surface area contributed by atoms with E-state index in [1.807, 2.05) is 11.8 Å². The predicted molar refractivity (Wildman–Crippen MR) is 88.9 cm³/mol. The molecular weight excluding hydrogens is 311 g/mol. The van der Waals surface area contributed by atoms with Gasteiger partial charge in [0.25, 0.3) is 0 Å². The van der Waals surface area contributed by atoms with Crippen molar-refractivity contribution in [3.63, 3.8) is 0 Å². The lowest BCUT2D eigenvalue weighted by Crippen LogP contribution is -2.57. The summed E-state index contributed by atoms with van der Waals surface area (Å²) in [7, 11) is 0. The van der Waals surface area contributed by atoms with Gasteiger partial charge in [-0.05, 0) is 24.7 Å². The predicted octanol–water partition coefficient (Wildman–Crippen LogP) is 2.80. The van der Waals surface area contributed by atoms with E-state index in [0.717, 1.165) is 25.7 Å². The Morgan fingerprint density at radius 3 is 2.83 bits per heavy atom. The minimum absolute atomic E-state index is 0.0115. The smallest absolute Gasteiger partial charge is 0.407 e. The third kappa shape index (κ3) is 2.79. The summed E-state index contributed by atoms with van der Waals surface area (Å²) in [5.74, 6) is 0.116. The van der Waals surface area contributed by atoms with Crippen LogP contribution in [0.3, 0.4) is 0 Å². The normalized spacial score (nSPS) is 40.3. The molecule has 3 rings (SSSR count). The molecule has 1 amide bonds. The van der Waals surface area contributed by atoms with Gasteiger partial charge in [-0.25, -0.2) is 9.18 Å². The van der Waals surface area contributed by atoms with Crippen molar-refractivity contribution in [3.8, 4) is 0 Å². The zero-order valence-electron chi connectivity index (χ0n) is 14.8. The lowest BCUT2D eigenvalue weighted by atomic mass is 9.76. The minimum Gasteiger partial charge on any atom is -0.450 e. The molecule has 0 bridgehead atoms. The molecule has 1 aliphatic heterocycles. The fourth-order valence-electron chi connectivity index (χ4n) is 4.47. The molecular formula is C18H29FN2O3. The van der Waals surface area contributed by atoms with Gasteiger partial charge < -0.3 is 20.1 Å². The average molecular weight is 340 g/mol. The van der Waals surface area contributed by atoms with Crippen LogP contribution in [0.4, 0.5) is 9.18 Å². The topological polar surface area (TPSA) is 61.8 Å². The van der Waals surface area contributed by atoms with Crippen molar-refractivity contribution in [1.82, 2.24) is 10.2 Å². The number of hydrogen-bond acceptors (Lipinski definition) is 4. The molecule has 136 valence electrons. The Kier molecular flexibility index (Phi) is 4.78. The van der Waals surface area contributed by atoms with Crippen molar-refractivity contribution in [2.75, 3.05) is 13.2 Å². The number of alkyl carbamates (subject to hydrolysis) is 1. The van der Waals surface area contributed by atoms with E-state index in [4.69, 9.17) is 4.74 Å². The third-order valence-electron chi connectivity index (χ3n) is 6.14. The van der Waals surface area contributed by atoms with E-state index in [2.05, 4.69) is 19.2 Å². The molecule has 0 saturated heterocycles. The first-order valence-electron chi connectivity index (χ1n) is 9.18. The van der Waals surface area contributed by atoms with Crippen molar-refractivity contribution >= 4 is 6.09 Å². The summed E-state index contributed by atoms with van der Waals surface area (Å²) in [6, 6.07) is -0.0115. The van der Waals surface area contributed by atoms with Crippen LogP contribution in [0.15, 0.2) is 12.0 Å². The number of nitrogens with one attached hydrogen (secondary N) is 1. The molecule has 2 saturated carbocycles. The Morgan fingerprint density at radius 1 is 1.50 bits per heavy atom. The van der Waals surface area contributed by atoms with Gasteiger partial charge in [-0.15, -0.1) is 0 Å². The number of ether oxygens (including phenoxy) is 1. The van der Waals surface area contributed by atoms with Gasteiger partial charge in [0, 0.05) is 18.7 Å². The van der Waals surface area contributed by atoms with Crippen LogP contribution < -0.4 is 5.32 Å². The standard InChI is InChI=1S/C18H29FN2O3/c1-4-5-6-7-24-17(23)20-18-12(3)13(18)9-21(10-15(18)19)16-11(2)8-14(16)22/h10-14,16,22H,4-9H2,1-3H3,(H,20,23)/t11?,12?,13?,14-,16-,18?/m1/s1. The SMILES string of the molecule is CCCCCOC(=O)NC12C(F)=CN([C@@H]3C(C)C[C@H]3O)CC1C2C. The number of aliphatic hydroxyl groups is 1. The molecule has 3 aliphatic rings. The molecule has 0 aromatic carbocycles. The van der Waals surface area contributed by atoms with Gasteiger partial charge in [-0.1, -0.05) is 33.6 Å². The van der Waals surface area contributed by atoms with Crippen LogP contribution in [0.2, 0.25) is 0 Å². The summed E-state index contributed by atoms with van der Waals surface area (Å²) >= 11 is 0. The number of nitrogens with zero attached hydrogens (tertiary/aromatic N) is 1. The third-order valence-corrected chi connectivity index (χ3v) is 6.14. The van der Waals surface area contributed by atoms with Crippen molar-refractivity contribution < 1.29 is 19.0 Å². The number of carbonyl (C=O) groups excluding carboxylic acids is 1. The number of amides is 1. The second-order valence-corrected chi connectivity index (χ2v) is 7.68. The molecule has 2 N–H and O–H groups in total. The van der Waals surface area contributed by atoms with Gasteiger partial charge in [0.1, 0.15) is 11.4 Å². The lowest BCUT2D eigenvalue weighted by molar-refractivity contribution is -0.0495. The minimum atomic E-state index is -0.906. The summed E-state index contributed by atoms with van der Waals surface area (Å²) in [6.07, 6.45) is 4.25. The lowest BCUT2D eigenvalue weighted by Gasteiger charge is -2.48. The highest BCUT2D eigenvalue weighted by Crippen LogP contribution is 2.58. The van der Waals surface area contributed by atoms with Gasteiger partial charge >= 0.3 is 6.09 Å². The van der Waals surface area contributed by atoms with E-state index in [-0.39, 0.29) is 29.8 Å². The maximum absolute atomic E-state index is 14.8. The fourth-order valence-corrected chi connectivity index (χ4v) is 4.47. The van der Waals surface area contributed by atoms with Crippen LogP contribution in [0.25, 0.3) is 0 Å². The van der Waals surface area contributed by atoms with E-state index in [9.17, 15) is 14.3 Å². The van der Waals surface area contributed by atoms with E-state index in [1.165, 1.54) is 6.20 Å². The van der Waals surface area contributed by atoms with Crippen LogP contribution in [0.5, 0.6) is 0 Å². The van der Waals surface area contributed by atoms with Crippen LogP contribution in [0, 0.1) is 17.8 Å². The van der Waals surface area contributed by atoms with Crippen molar-refractivity contribution in [2.45, 2.75) is 64.1 Å². The maximum Gasteiger partial charge on any atom is 0.407 e. The molecule has 0 aromatic heterocycles. The van der Waals surface area contributed by atoms with Crippen molar-refractivity contribution in [1.29, 1.82) is 0 Å². The number of fused-ring (bicyclic) bond motifs is 1. The number of aliphatic hydroxyl groups excluding tert-OH is 1. The number of hydrogen-bond donors (Lipinski definition) is 2. The second-order valence-electron chi connectivity index (χ2n) is 7.68. The quantitative estimate of drug-likeness (QED) is 0.730. The van der Waals surface area contributed by atoms with Gasteiger partial charge in [-0.3, -0.25) is 0 Å². The Bertz CT molecular complexity index is 518. The number of unbranched alkanes of at least 4 members (excludes halogenated alkanes) is 2. The molecule has 5 nitrogen and oxygen atoms in total. The molecule has 1 heterocycles. The van der Waals surface area contributed by atoms with Crippen molar-refractivity contribution in [3.05, 3.63) is 12.0 Å². The van der Waals surface area contributed by atoms with Crippen LogP contribution >= 0.6 is 0 Å². The number of halogens is 1.